The Kier molecular flexibility index (Phi) is 5.44. The average Bonchev–Trinajstić information content (AvgIpc) is 3.15. The van der Waals surface area contributed by atoms with Gasteiger partial charge in [0.2, 0.25) is 5.91 Å². The van der Waals surface area contributed by atoms with Gasteiger partial charge in [-0.2, -0.15) is 8.78 Å². The third kappa shape index (κ3) is 3.93. The number of hydrogen-bond acceptors (Lipinski definition) is 4. The third-order valence-corrected chi connectivity index (χ3v) is 7.56. The van der Waals surface area contributed by atoms with Crippen LogP contribution in [0.1, 0.15) is 28.1 Å². The minimum Gasteiger partial charge on any atom is -0.352 e. The molecule has 4 N–H and O–H groups in total. The molecule has 1 unspecified atom stereocenters. The summed E-state index contributed by atoms with van der Waals surface area (Å²) < 4.78 is 39.4. The second kappa shape index (κ2) is 7.21. The summed E-state index contributed by atoms with van der Waals surface area (Å²) in [4.78, 5) is 40.5. The molecule has 1 aliphatic heterocycles. The molecule has 1 aliphatic rings. The molecule has 1 aromatic carbocycles. The van der Waals surface area contributed by atoms with Crippen LogP contribution < -0.4 is 10.6 Å². The zero-order valence-corrected chi connectivity index (χ0v) is 16.8. The van der Waals surface area contributed by atoms with Gasteiger partial charge in [0.05, 0.1) is 0 Å². The van der Waals surface area contributed by atoms with E-state index in [0.29, 0.717) is 28.9 Å². The fraction of sp³-hybridized carbons (Fsp3) is 0.333. The molecule has 3 rings (SSSR count). The molecule has 2 heterocycles. The number of amides is 2. The minimum absolute atomic E-state index is 0.0728. The molecule has 1 saturated heterocycles. The van der Waals surface area contributed by atoms with Crippen LogP contribution in [-0.4, -0.2) is 34.2 Å². The Labute approximate surface area is 164 Å². The van der Waals surface area contributed by atoms with Crippen LogP contribution in [0.25, 0.3) is 10.1 Å². The summed E-state index contributed by atoms with van der Waals surface area (Å²) in [7, 11) is -5.70. The number of rotatable bonds is 5. The fourth-order valence-electron chi connectivity index (χ4n) is 2.68. The summed E-state index contributed by atoms with van der Waals surface area (Å²) in [5.41, 5.74) is -4.13. The van der Waals surface area contributed by atoms with E-state index in [-0.39, 0.29) is 33.9 Å². The number of halogens is 3. The number of hydrogen-bond donors (Lipinski definition) is 4. The number of carbonyl (C=O) groups excluding carboxylic acids is 2. The SMILES string of the molecule is O=C1CCC(CNC(=O)c2ccc3sc(C(F)(F)P(=O)(O)O)c(Br)c3c2)N1. The van der Waals surface area contributed by atoms with Crippen molar-refractivity contribution >= 4 is 56.8 Å². The number of fused-ring (bicyclic) bond motifs is 1. The molecule has 0 aliphatic carbocycles. The van der Waals surface area contributed by atoms with E-state index in [2.05, 4.69) is 26.6 Å². The average molecular weight is 483 g/mol. The van der Waals surface area contributed by atoms with Crippen LogP contribution in [0.15, 0.2) is 22.7 Å². The molecule has 1 atom stereocenters. The van der Waals surface area contributed by atoms with E-state index in [0.717, 1.165) is 0 Å². The van der Waals surface area contributed by atoms with Gasteiger partial charge >= 0.3 is 13.3 Å². The second-order valence-corrected chi connectivity index (χ2v) is 9.55. The van der Waals surface area contributed by atoms with E-state index < -0.39 is 24.0 Å². The Morgan fingerprint density at radius 2 is 2.15 bits per heavy atom. The molecule has 27 heavy (non-hydrogen) atoms. The van der Waals surface area contributed by atoms with E-state index >= 15 is 0 Å². The van der Waals surface area contributed by atoms with E-state index in [1.54, 1.807) is 0 Å². The summed E-state index contributed by atoms with van der Waals surface area (Å²) in [6.07, 6.45) is 1.03. The van der Waals surface area contributed by atoms with E-state index in [9.17, 15) is 22.9 Å². The Morgan fingerprint density at radius 1 is 1.44 bits per heavy atom. The van der Waals surface area contributed by atoms with Crippen LogP contribution in [0.2, 0.25) is 0 Å². The Hall–Kier alpha value is -1.39. The van der Waals surface area contributed by atoms with Gasteiger partial charge in [-0.3, -0.25) is 14.2 Å². The molecule has 0 spiro atoms. The minimum atomic E-state index is -5.70. The lowest BCUT2D eigenvalue weighted by Crippen LogP contribution is -2.38. The maximum atomic E-state index is 14.0. The van der Waals surface area contributed by atoms with E-state index in [1.807, 2.05) is 0 Å². The summed E-state index contributed by atoms with van der Waals surface area (Å²) in [6.45, 7) is 0.245. The van der Waals surface area contributed by atoms with E-state index in [4.69, 9.17) is 9.79 Å². The molecular weight excluding hydrogens is 469 g/mol. The van der Waals surface area contributed by atoms with Gasteiger partial charge in [-0.05, 0) is 40.5 Å². The first-order chi connectivity index (χ1) is 12.5. The van der Waals surface area contributed by atoms with Gasteiger partial charge < -0.3 is 20.4 Å². The Balaban J connectivity index is 1.85. The lowest BCUT2D eigenvalue weighted by atomic mass is 10.1. The van der Waals surface area contributed by atoms with Gasteiger partial charge in [0.25, 0.3) is 5.91 Å². The first kappa shape index (κ1) is 20.3. The van der Waals surface area contributed by atoms with Crippen molar-refractivity contribution in [2.75, 3.05) is 6.54 Å². The molecule has 2 aromatic rings. The zero-order chi connectivity index (χ0) is 20.0. The van der Waals surface area contributed by atoms with Gasteiger partial charge in [-0.25, -0.2) is 0 Å². The van der Waals surface area contributed by atoms with Gasteiger partial charge in [0.15, 0.2) is 0 Å². The number of carbonyl (C=O) groups is 2. The molecule has 1 aromatic heterocycles. The van der Waals surface area contributed by atoms with Crippen LogP contribution in [0.5, 0.6) is 0 Å². The monoisotopic (exact) mass is 482 g/mol. The summed E-state index contributed by atoms with van der Waals surface area (Å²) in [5.74, 6) is -0.518. The third-order valence-electron chi connectivity index (χ3n) is 4.12. The van der Waals surface area contributed by atoms with Gasteiger partial charge in [-0.1, -0.05) is 0 Å². The van der Waals surface area contributed by atoms with Crippen molar-refractivity contribution in [3.05, 3.63) is 33.1 Å². The lowest BCUT2D eigenvalue weighted by Gasteiger charge is -2.16. The highest BCUT2D eigenvalue weighted by atomic mass is 79.9. The summed E-state index contributed by atoms with van der Waals surface area (Å²) >= 11 is 3.51. The summed E-state index contributed by atoms with van der Waals surface area (Å²) in [6, 6.07) is 4.10. The first-order valence-corrected chi connectivity index (χ1v) is 11.0. The quantitative estimate of drug-likeness (QED) is 0.489. The molecule has 12 heteroatoms. The van der Waals surface area contributed by atoms with Crippen molar-refractivity contribution < 1.29 is 32.7 Å². The van der Waals surface area contributed by atoms with Gasteiger partial charge in [-0.15, -0.1) is 11.3 Å². The van der Waals surface area contributed by atoms with E-state index in [1.165, 1.54) is 18.2 Å². The Bertz CT molecular complexity index is 977. The van der Waals surface area contributed by atoms with Crippen molar-refractivity contribution in [2.45, 2.75) is 24.5 Å². The maximum Gasteiger partial charge on any atom is 0.400 e. The highest BCUT2D eigenvalue weighted by Crippen LogP contribution is 2.62. The predicted molar refractivity (Wildman–Crippen MR) is 99.0 cm³/mol. The van der Waals surface area contributed by atoms with Crippen LogP contribution in [0.3, 0.4) is 0 Å². The maximum absolute atomic E-state index is 14.0. The van der Waals surface area contributed by atoms with Crippen LogP contribution >= 0.6 is 34.9 Å². The number of alkyl halides is 2. The predicted octanol–water partition coefficient (Wildman–Crippen LogP) is 2.90. The van der Waals surface area contributed by atoms with Crippen molar-refractivity contribution in [2.24, 2.45) is 0 Å². The standard InChI is InChI=1S/C15H14BrF2N2O5PS/c16-12-9-5-7(14(22)19-6-8-2-4-11(21)20-8)1-3-10(9)27-13(12)15(17,18)26(23,24)25/h1,3,5,8H,2,4,6H2,(H,19,22)(H,20,21)(H2,23,24,25). The van der Waals surface area contributed by atoms with Crippen molar-refractivity contribution in [3.63, 3.8) is 0 Å². The highest BCUT2D eigenvalue weighted by molar-refractivity contribution is 9.10. The zero-order valence-electron chi connectivity index (χ0n) is 13.5. The Morgan fingerprint density at radius 3 is 2.74 bits per heavy atom. The van der Waals surface area contributed by atoms with Gasteiger partial charge in [0.1, 0.15) is 4.88 Å². The fourth-order valence-corrected chi connectivity index (χ4v) is 5.61. The van der Waals surface area contributed by atoms with Gasteiger partial charge in [0, 0.05) is 39.1 Å². The van der Waals surface area contributed by atoms with Crippen LogP contribution in [0, 0.1) is 0 Å². The smallest absolute Gasteiger partial charge is 0.352 e. The van der Waals surface area contributed by atoms with Crippen molar-refractivity contribution in [1.29, 1.82) is 0 Å². The van der Waals surface area contributed by atoms with Crippen LogP contribution in [-0.2, 0) is 15.0 Å². The molecule has 0 radical (unpaired) electrons. The molecule has 0 saturated carbocycles. The molecule has 7 nitrogen and oxygen atoms in total. The number of nitrogens with one attached hydrogen (secondary N) is 2. The number of benzene rings is 1. The molecule has 0 bridgehead atoms. The summed E-state index contributed by atoms with van der Waals surface area (Å²) in [5, 5.41) is 5.64. The molecule has 1 fully saturated rings. The van der Waals surface area contributed by atoms with Crippen molar-refractivity contribution in [1.82, 2.24) is 10.6 Å². The lowest BCUT2D eigenvalue weighted by molar-refractivity contribution is -0.119. The molecular formula is C15H14BrF2N2O5PS. The normalized spacial score (nSPS) is 18.0. The van der Waals surface area contributed by atoms with Crippen molar-refractivity contribution in [3.8, 4) is 0 Å². The topological polar surface area (TPSA) is 116 Å². The second-order valence-electron chi connectivity index (χ2n) is 6.05. The highest BCUT2D eigenvalue weighted by Gasteiger charge is 2.53. The number of thiophene rings is 1. The van der Waals surface area contributed by atoms with Crippen LogP contribution in [0.4, 0.5) is 8.78 Å². The molecule has 2 amide bonds. The largest absolute Gasteiger partial charge is 0.400 e. The molecule has 146 valence electrons. The first-order valence-electron chi connectivity index (χ1n) is 7.74.